The van der Waals surface area contributed by atoms with E-state index in [0.29, 0.717) is 5.47 Å². The Morgan fingerprint density at radius 1 is 1.40 bits per heavy atom. The van der Waals surface area contributed by atoms with Crippen molar-refractivity contribution in [3.63, 3.8) is 0 Å². The highest BCUT2D eigenvalue weighted by Gasteiger charge is 2.30. The summed E-state index contributed by atoms with van der Waals surface area (Å²) in [5.74, 6) is -0.297. The number of nitrogens with one attached hydrogen (secondary N) is 1. The lowest BCUT2D eigenvalue weighted by Crippen LogP contribution is -2.41. The van der Waals surface area contributed by atoms with Gasteiger partial charge in [0.2, 0.25) is 0 Å². The summed E-state index contributed by atoms with van der Waals surface area (Å²) in [6.07, 6.45) is 6.76. The molecule has 3 nitrogen and oxygen atoms in total. The van der Waals surface area contributed by atoms with Gasteiger partial charge in [-0.2, -0.15) is 0 Å². The third-order valence-corrected chi connectivity index (χ3v) is 1.92. The Balaban J connectivity index is 5.19. The summed E-state index contributed by atoms with van der Waals surface area (Å²) in [6.45, 7) is 6.04. The topological polar surface area (TPSA) is 46.2 Å². The fourth-order valence-corrected chi connectivity index (χ4v) is 1.29. The van der Waals surface area contributed by atoms with Crippen molar-refractivity contribution in [2.75, 3.05) is 7.05 Å². The second kappa shape index (κ2) is 6.82. The number of rotatable bonds is 5. The van der Waals surface area contributed by atoms with E-state index in [1.165, 1.54) is 14.0 Å². The lowest BCUT2D eigenvalue weighted by molar-refractivity contribution is -0.110. The van der Waals surface area contributed by atoms with Crippen molar-refractivity contribution in [1.29, 1.82) is 0 Å². The Labute approximate surface area is 91.0 Å². The van der Waals surface area contributed by atoms with E-state index < -0.39 is 6.71 Å². The van der Waals surface area contributed by atoms with E-state index in [9.17, 15) is 9.59 Å². The predicted octanol–water partition coefficient (Wildman–Crippen LogP) is 1.76. The molecule has 0 bridgehead atoms. The second-order valence-corrected chi connectivity index (χ2v) is 3.06. The number of allylic oxidation sites excluding steroid dienone is 5. The first-order valence-electron chi connectivity index (χ1n) is 4.75. The van der Waals surface area contributed by atoms with E-state index in [2.05, 4.69) is 11.9 Å². The molecule has 0 rings (SSSR count). The van der Waals surface area contributed by atoms with Crippen LogP contribution < -0.4 is 5.32 Å². The third kappa shape index (κ3) is 3.98. The molecule has 0 heterocycles. The van der Waals surface area contributed by atoms with Crippen molar-refractivity contribution in [1.82, 2.24) is 5.32 Å². The molecule has 0 unspecified atom stereocenters. The maximum absolute atomic E-state index is 11.5. The van der Waals surface area contributed by atoms with Crippen LogP contribution in [0.2, 0.25) is 0 Å². The van der Waals surface area contributed by atoms with Crippen LogP contribution in [0.25, 0.3) is 0 Å². The fourth-order valence-electron chi connectivity index (χ4n) is 1.29. The quantitative estimate of drug-likeness (QED) is 0.549. The van der Waals surface area contributed by atoms with Crippen molar-refractivity contribution < 1.29 is 9.59 Å². The van der Waals surface area contributed by atoms with Crippen LogP contribution in [0.3, 0.4) is 0 Å². The van der Waals surface area contributed by atoms with Crippen LogP contribution >= 0.6 is 0 Å². The molecule has 0 fully saturated rings. The van der Waals surface area contributed by atoms with Gasteiger partial charge in [-0.25, -0.2) is 0 Å². The Bertz CT molecular complexity index is 319. The van der Waals surface area contributed by atoms with Crippen LogP contribution in [0, 0.1) is 0 Å². The molecule has 0 atom stereocenters. The zero-order valence-corrected chi connectivity index (χ0v) is 9.41. The van der Waals surface area contributed by atoms with Crippen LogP contribution in [0.4, 0.5) is 4.79 Å². The molecular weight excluding hydrogens is 189 g/mol. The molecule has 0 aromatic carbocycles. The monoisotopic (exact) mass is 205 g/mol. The highest BCUT2D eigenvalue weighted by Crippen LogP contribution is 2.06. The molecule has 0 aromatic rings. The molecular formula is C11H16BNO2. The molecule has 1 amide bonds. The molecule has 80 valence electrons. The second-order valence-electron chi connectivity index (χ2n) is 3.06. The molecule has 0 aromatic heterocycles. The molecule has 0 saturated carbocycles. The minimum Gasteiger partial charge on any atom is -0.367 e. The zero-order valence-electron chi connectivity index (χ0n) is 9.41. The molecule has 15 heavy (non-hydrogen) atoms. The molecule has 0 aliphatic heterocycles. The molecule has 0 aliphatic rings. The van der Waals surface area contributed by atoms with Crippen molar-refractivity contribution in [3.05, 3.63) is 36.4 Å². The molecule has 4 heteroatoms. The van der Waals surface area contributed by atoms with E-state index >= 15 is 0 Å². The summed E-state index contributed by atoms with van der Waals surface area (Å²) < 4.78 is 0. The number of hydrogen-bond acceptors (Lipinski definition) is 2. The van der Waals surface area contributed by atoms with E-state index in [1.807, 2.05) is 6.92 Å². The van der Waals surface area contributed by atoms with Crippen LogP contribution in [0.5, 0.6) is 0 Å². The first-order chi connectivity index (χ1) is 7.08. The zero-order chi connectivity index (χ0) is 11.8. The summed E-state index contributed by atoms with van der Waals surface area (Å²) in [6, 6.07) is 0. The molecule has 1 N–H and O–H groups in total. The van der Waals surface area contributed by atoms with Crippen molar-refractivity contribution in [2.45, 2.75) is 13.8 Å². The van der Waals surface area contributed by atoms with Crippen LogP contribution in [-0.2, 0) is 4.79 Å². The minimum atomic E-state index is -0.746. The summed E-state index contributed by atoms with van der Waals surface area (Å²) in [4.78, 5) is 22.9. The van der Waals surface area contributed by atoms with Gasteiger partial charge in [-0.05, 0) is 13.8 Å². The van der Waals surface area contributed by atoms with Crippen molar-refractivity contribution in [3.8, 4) is 0 Å². The standard InChI is InChI=1S/C11H16BNO2/c1-5-7-10(8-6-2)12(9(3)14)11(15)13-4/h5-8H,1H2,2-4H3,(H,13,15)/b8-6-,10-7+. The SMILES string of the molecule is C=C/C=C(\C=C/C)B(C(C)=O)C(=O)NC. The maximum atomic E-state index is 11.5. The van der Waals surface area contributed by atoms with Gasteiger partial charge in [-0.15, -0.1) is 0 Å². The lowest BCUT2D eigenvalue weighted by atomic mass is 9.40. The summed E-state index contributed by atoms with van der Waals surface area (Å²) >= 11 is 0. The van der Waals surface area contributed by atoms with Gasteiger partial charge in [0, 0.05) is 7.05 Å². The average Bonchev–Trinajstić information content (AvgIpc) is 2.18. The molecule has 0 saturated heterocycles. The minimum absolute atomic E-state index is 0.180. The van der Waals surface area contributed by atoms with E-state index in [1.54, 1.807) is 24.3 Å². The number of carbonyl (C=O) groups excluding carboxylic acids is 2. The molecule has 0 radical (unpaired) electrons. The Morgan fingerprint density at radius 2 is 2.00 bits per heavy atom. The maximum Gasteiger partial charge on any atom is 0.360 e. The highest BCUT2D eigenvalue weighted by atomic mass is 16.2. The van der Waals surface area contributed by atoms with Gasteiger partial charge in [-0.1, -0.05) is 36.4 Å². The lowest BCUT2D eigenvalue weighted by Gasteiger charge is -2.09. The van der Waals surface area contributed by atoms with E-state index in [0.717, 1.165) is 0 Å². The van der Waals surface area contributed by atoms with Gasteiger partial charge >= 0.3 is 6.71 Å². The van der Waals surface area contributed by atoms with E-state index in [4.69, 9.17) is 0 Å². The summed E-state index contributed by atoms with van der Waals surface area (Å²) in [5.41, 5.74) is 0.472. The Hall–Kier alpha value is -1.58. The average molecular weight is 205 g/mol. The Morgan fingerprint density at radius 3 is 2.33 bits per heavy atom. The Kier molecular flexibility index (Phi) is 6.10. The molecule has 0 spiro atoms. The van der Waals surface area contributed by atoms with Gasteiger partial charge in [-0.3, -0.25) is 4.79 Å². The third-order valence-electron chi connectivity index (χ3n) is 1.92. The number of carbonyl (C=O) groups is 2. The molecule has 0 aliphatic carbocycles. The van der Waals surface area contributed by atoms with Crippen molar-refractivity contribution >= 4 is 18.2 Å². The van der Waals surface area contributed by atoms with Gasteiger partial charge in [0.25, 0.3) is 0 Å². The van der Waals surface area contributed by atoms with Gasteiger partial charge in [0.05, 0.1) is 0 Å². The number of amides is 1. The first-order valence-corrected chi connectivity index (χ1v) is 4.75. The van der Waals surface area contributed by atoms with E-state index in [-0.39, 0.29) is 11.5 Å². The van der Waals surface area contributed by atoms with Gasteiger partial charge in [0.15, 0.2) is 5.81 Å². The van der Waals surface area contributed by atoms with Crippen LogP contribution in [0.1, 0.15) is 13.8 Å². The van der Waals surface area contributed by atoms with Gasteiger partial charge in [0.1, 0.15) is 5.68 Å². The van der Waals surface area contributed by atoms with Crippen LogP contribution in [-0.4, -0.2) is 25.2 Å². The smallest absolute Gasteiger partial charge is 0.360 e. The first kappa shape index (κ1) is 13.4. The highest BCUT2D eigenvalue weighted by molar-refractivity contribution is 7.15. The van der Waals surface area contributed by atoms with Crippen LogP contribution in [0.15, 0.2) is 36.4 Å². The fraction of sp³-hybridized carbons (Fsp3) is 0.273. The van der Waals surface area contributed by atoms with Crippen molar-refractivity contribution in [2.24, 2.45) is 0 Å². The largest absolute Gasteiger partial charge is 0.367 e. The number of hydrogen-bond donors (Lipinski definition) is 1. The summed E-state index contributed by atoms with van der Waals surface area (Å²) in [7, 11) is 1.51. The predicted molar refractivity (Wildman–Crippen MR) is 64.0 cm³/mol. The normalized spacial score (nSPS) is 11.3. The summed E-state index contributed by atoms with van der Waals surface area (Å²) in [5, 5.41) is 2.47. The van der Waals surface area contributed by atoms with Gasteiger partial charge < -0.3 is 10.1 Å².